The van der Waals surface area contributed by atoms with Crippen LogP contribution in [0.5, 0.6) is 0 Å². The highest BCUT2D eigenvalue weighted by Gasteiger charge is 2.46. The summed E-state index contributed by atoms with van der Waals surface area (Å²) >= 11 is 0. The Balaban J connectivity index is 2.00. The van der Waals surface area contributed by atoms with Crippen LogP contribution in [0, 0.1) is 0 Å². The van der Waals surface area contributed by atoms with Gasteiger partial charge < -0.3 is 0 Å². The maximum absolute atomic E-state index is 2.49. The van der Waals surface area contributed by atoms with Gasteiger partial charge >= 0.3 is 0 Å². The molecule has 2 aromatic rings. The van der Waals surface area contributed by atoms with Crippen molar-refractivity contribution in [1.82, 2.24) is 0 Å². The first-order chi connectivity index (χ1) is 9.72. The minimum atomic E-state index is -1.37. The Bertz CT molecular complexity index is 663. The van der Waals surface area contributed by atoms with Gasteiger partial charge in [0.2, 0.25) is 0 Å². The minimum absolute atomic E-state index is 0.620. The lowest BCUT2D eigenvalue weighted by molar-refractivity contribution is 0.868. The first-order valence-electron chi connectivity index (χ1n) is 7.97. The third-order valence-electron chi connectivity index (χ3n) is 5.42. The Morgan fingerprint density at radius 2 is 1.55 bits per heavy atom. The van der Waals surface area contributed by atoms with Crippen molar-refractivity contribution in [3.8, 4) is 11.1 Å². The second kappa shape index (κ2) is 4.32. The second-order valence-corrected chi connectivity index (χ2v) is 11.0. The fourth-order valence-corrected chi connectivity index (χ4v) is 9.96. The van der Waals surface area contributed by atoms with Crippen LogP contribution < -0.4 is 10.4 Å². The smallest absolute Gasteiger partial charge is 0.0623 e. The van der Waals surface area contributed by atoms with Crippen molar-refractivity contribution in [3.63, 3.8) is 0 Å². The molecule has 1 saturated heterocycles. The van der Waals surface area contributed by atoms with E-state index in [1.807, 2.05) is 0 Å². The van der Waals surface area contributed by atoms with Gasteiger partial charge in [0, 0.05) is 0 Å². The van der Waals surface area contributed by atoms with Gasteiger partial charge in [0.15, 0.2) is 0 Å². The van der Waals surface area contributed by atoms with Crippen molar-refractivity contribution in [2.45, 2.75) is 44.7 Å². The maximum Gasteiger partial charge on any atom is 0.119 e. The van der Waals surface area contributed by atoms with Gasteiger partial charge in [-0.25, -0.2) is 0 Å². The lowest BCUT2D eigenvalue weighted by atomic mass is 9.97. The average molecular weight is 278 g/mol. The first-order valence-corrected chi connectivity index (χ1v) is 10.4. The Labute approximate surface area is 122 Å². The van der Waals surface area contributed by atoms with E-state index in [-0.39, 0.29) is 0 Å². The molecule has 0 aliphatic carbocycles. The third kappa shape index (κ3) is 1.53. The van der Waals surface area contributed by atoms with Crippen LogP contribution in [0.4, 0.5) is 0 Å². The van der Waals surface area contributed by atoms with E-state index in [0.717, 1.165) is 0 Å². The van der Waals surface area contributed by atoms with Crippen LogP contribution in [0.1, 0.15) is 38.2 Å². The van der Waals surface area contributed by atoms with E-state index in [2.05, 4.69) is 56.3 Å². The molecule has 0 amide bonds. The van der Waals surface area contributed by atoms with E-state index in [4.69, 9.17) is 0 Å². The Kier molecular flexibility index (Phi) is 2.68. The fraction of sp³-hybridized carbons (Fsp3) is 0.368. The van der Waals surface area contributed by atoms with Crippen LogP contribution in [0.25, 0.3) is 11.1 Å². The van der Waals surface area contributed by atoms with Crippen LogP contribution >= 0.6 is 0 Å². The van der Waals surface area contributed by atoms with E-state index >= 15 is 0 Å². The third-order valence-corrected chi connectivity index (χ3v) is 10.8. The molecule has 0 atom stereocenters. The fourth-order valence-electron chi connectivity index (χ4n) is 4.36. The highest BCUT2D eigenvalue weighted by molar-refractivity contribution is 7.05. The van der Waals surface area contributed by atoms with Crippen molar-refractivity contribution in [1.29, 1.82) is 0 Å². The average Bonchev–Trinajstić information content (AvgIpc) is 3.06. The van der Waals surface area contributed by atoms with Gasteiger partial charge in [-0.3, -0.25) is 0 Å². The van der Waals surface area contributed by atoms with Crippen molar-refractivity contribution in [2.24, 2.45) is 0 Å². The van der Waals surface area contributed by atoms with Crippen LogP contribution in [0.15, 0.2) is 42.5 Å². The molecule has 0 N–H and O–H groups in total. The zero-order valence-corrected chi connectivity index (χ0v) is 13.4. The number of rotatable bonds is 1. The quantitative estimate of drug-likeness (QED) is 0.688. The molecule has 0 nitrogen and oxygen atoms in total. The molecule has 0 unspecified atom stereocenters. The molecule has 20 heavy (non-hydrogen) atoms. The zero-order chi connectivity index (χ0) is 13.7. The summed E-state index contributed by atoms with van der Waals surface area (Å²) in [6.07, 6.45) is 2.87. The Morgan fingerprint density at radius 3 is 2.30 bits per heavy atom. The monoisotopic (exact) mass is 278 g/mol. The standard InChI is InChI=1S/C19H22Si/c1-14(2)15-9-10-19-17(13-15)16-7-3-4-8-18(16)20(19)11-5-6-12-20/h3-4,7-10,13-14H,5-6,11-12H2,1-2H3. The molecule has 2 aliphatic rings. The molecular weight excluding hydrogens is 256 g/mol. The van der Waals surface area contributed by atoms with Gasteiger partial charge in [0.1, 0.15) is 8.07 Å². The van der Waals surface area contributed by atoms with Crippen molar-refractivity contribution in [2.75, 3.05) is 0 Å². The highest BCUT2D eigenvalue weighted by Crippen LogP contribution is 2.39. The summed E-state index contributed by atoms with van der Waals surface area (Å²) in [5, 5.41) is 3.47. The number of benzene rings is 2. The van der Waals surface area contributed by atoms with Gasteiger partial charge in [0.05, 0.1) is 0 Å². The van der Waals surface area contributed by atoms with Crippen LogP contribution in [-0.4, -0.2) is 8.07 Å². The lowest BCUT2D eigenvalue weighted by Crippen LogP contribution is -2.52. The molecule has 0 saturated carbocycles. The summed E-state index contributed by atoms with van der Waals surface area (Å²) in [7, 11) is -1.37. The number of hydrogen-bond acceptors (Lipinski definition) is 0. The van der Waals surface area contributed by atoms with Crippen LogP contribution in [-0.2, 0) is 0 Å². The molecular formula is C19H22Si. The predicted octanol–water partition coefficient (Wildman–Crippen LogP) is 4.15. The van der Waals surface area contributed by atoms with Crippen molar-refractivity contribution >= 4 is 18.4 Å². The van der Waals surface area contributed by atoms with Crippen LogP contribution in [0.3, 0.4) is 0 Å². The molecule has 1 fully saturated rings. The predicted molar refractivity (Wildman–Crippen MR) is 89.8 cm³/mol. The molecule has 0 bridgehead atoms. The van der Waals surface area contributed by atoms with Gasteiger partial charge in [-0.05, 0) is 45.1 Å². The maximum atomic E-state index is 2.49. The summed E-state index contributed by atoms with van der Waals surface area (Å²) in [6, 6.07) is 19.6. The zero-order valence-electron chi connectivity index (χ0n) is 12.4. The molecule has 0 aromatic heterocycles. The summed E-state index contributed by atoms with van der Waals surface area (Å²) in [5.41, 5.74) is 4.61. The van der Waals surface area contributed by atoms with E-state index < -0.39 is 8.07 Å². The normalized spacial score (nSPS) is 18.6. The first kappa shape index (κ1) is 12.4. The van der Waals surface area contributed by atoms with Crippen molar-refractivity contribution < 1.29 is 0 Å². The molecule has 1 heteroatoms. The number of fused-ring (bicyclic) bond motifs is 5. The molecule has 102 valence electrons. The number of hydrogen-bond donors (Lipinski definition) is 0. The van der Waals surface area contributed by atoms with Gasteiger partial charge in [0.25, 0.3) is 0 Å². The second-order valence-electron chi connectivity index (χ2n) is 6.79. The van der Waals surface area contributed by atoms with Gasteiger partial charge in [-0.15, -0.1) is 0 Å². The van der Waals surface area contributed by atoms with Crippen LogP contribution in [0.2, 0.25) is 12.1 Å². The van der Waals surface area contributed by atoms with E-state index in [1.54, 1.807) is 21.5 Å². The van der Waals surface area contributed by atoms with Crippen molar-refractivity contribution in [3.05, 3.63) is 48.0 Å². The van der Waals surface area contributed by atoms with E-state index in [9.17, 15) is 0 Å². The summed E-state index contributed by atoms with van der Waals surface area (Å²) in [4.78, 5) is 0. The summed E-state index contributed by atoms with van der Waals surface area (Å²) in [5.74, 6) is 0.620. The lowest BCUT2D eigenvalue weighted by Gasteiger charge is -2.23. The summed E-state index contributed by atoms with van der Waals surface area (Å²) in [6.45, 7) is 4.59. The molecule has 0 radical (unpaired) electrons. The van der Waals surface area contributed by atoms with Gasteiger partial charge in [-0.2, -0.15) is 0 Å². The topological polar surface area (TPSA) is 0 Å². The molecule has 4 rings (SSSR count). The molecule has 2 aromatic carbocycles. The highest BCUT2D eigenvalue weighted by atomic mass is 28.3. The van der Waals surface area contributed by atoms with E-state index in [0.29, 0.717) is 5.92 Å². The Hall–Kier alpha value is -1.34. The SMILES string of the molecule is CC(C)c1ccc2c(c1)-c1ccccc1[Si]21CCCC1. The van der Waals surface area contributed by atoms with Gasteiger partial charge in [-0.1, -0.05) is 69.2 Å². The molecule has 1 spiro atoms. The summed E-state index contributed by atoms with van der Waals surface area (Å²) < 4.78 is 0. The minimum Gasteiger partial charge on any atom is -0.0623 e. The molecule has 2 heterocycles. The largest absolute Gasteiger partial charge is 0.119 e. The Morgan fingerprint density at radius 1 is 0.850 bits per heavy atom. The van der Waals surface area contributed by atoms with E-state index in [1.165, 1.54) is 30.5 Å². The molecule has 2 aliphatic heterocycles.